The van der Waals surface area contributed by atoms with Crippen LogP contribution in [0.4, 0.5) is 9.18 Å². The molecule has 4 aromatic rings. The lowest BCUT2D eigenvalue weighted by Crippen LogP contribution is -2.45. The molecule has 0 fully saturated rings. The number of carbonyl (C=O) groups excluding carboxylic acids is 1. The van der Waals surface area contributed by atoms with Gasteiger partial charge in [-0.2, -0.15) is 4.98 Å². The van der Waals surface area contributed by atoms with Crippen molar-refractivity contribution in [2.45, 2.75) is 26.4 Å². The molecule has 1 aliphatic heterocycles. The van der Waals surface area contributed by atoms with E-state index in [4.69, 9.17) is 16.1 Å². The molecule has 8 heteroatoms. The number of nitrogens with one attached hydrogen (secondary N) is 1. The molecular formula is C27H22ClFN4O2. The van der Waals surface area contributed by atoms with Crippen LogP contribution in [0, 0.1) is 12.7 Å². The van der Waals surface area contributed by atoms with Crippen molar-refractivity contribution in [3.63, 3.8) is 0 Å². The summed E-state index contributed by atoms with van der Waals surface area (Å²) >= 11 is 6.02. The lowest BCUT2D eigenvalue weighted by Gasteiger charge is -2.35. The number of urea groups is 1. The SMILES string of the molecule is CC1=C(c2nc(-c3cccc(C)c3)no2)C(c2cccc(F)c2)NC(=O)N1Cc1ccc(Cl)cc1. The minimum absolute atomic E-state index is 0.259. The van der Waals surface area contributed by atoms with E-state index in [-0.39, 0.29) is 11.9 Å². The van der Waals surface area contributed by atoms with Crippen LogP contribution in [0.15, 0.2) is 83.0 Å². The summed E-state index contributed by atoms with van der Waals surface area (Å²) in [6, 6.07) is 20.2. The molecule has 1 N–H and O–H groups in total. The molecule has 1 unspecified atom stereocenters. The summed E-state index contributed by atoms with van der Waals surface area (Å²) in [7, 11) is 0. The van der Waals surface area contributed by atoms with E-state index in [1.54, 1.807) is 29.2 Å². The minimum Gasteiger partial charge on any atom is -0.334 e. The molecule has 0 spiro atoms. The molecule has 3 aromatic carbocycles. The zero-order valence-corrected chi connectivity index (χ0v) is 19.9. The first-order chi connectivity index (χ1) is 16.9. The van der Waals surface area contributed by atoms with Gasteiger partial charge in [0.25, 0.3) is 5.89 Å². The molecule has 176 valence electrons. The van der Waals surface area contributed by atoms with Gasteiger partial charge in [0.15, 0.2) is 0 Å². The van der Waals surface area contributed by atoms with E-state index in [1.807, 2.05) is 50.2 Å². The fourth-order valence-electron chi connectivity index (χ4n) is 4.19. The van der Waals surface area contributed by atoms with Crippen molar-refractivity contribution in [1.29, 1.82) is 0 Å². The third-order valence-corrected chi connectivity index (χ3v) is 6.22. The third-order valence-electron chi connectivity index (χ3n) is 5.96. The van der Waals surface area contributed by atoms with E-state index >= 15 is 0 Å². The smallest absolute Gasteiger partial charge is 0.322 e. The molecule has 0 saturated heterocycles. The fourth-order valence-corrected chi connectivity index (χ4v) is 4.32. The predicted octanol–water partition coefficient (Wildman–Crippen LogP) is 6.54. The molecule has 0 aliphatic carbocycles. The van der Waals surface area contributed by atoms with E-state index in [1.165, 1.54) is 12.1 Å². The number of aryl methyl sites for hydroxylation is 1. The van der Waals surface area contributed by atoms with Gasteiger partial charge in [-0.3, -0.25) is 4.90 Å². The maximum Gasteiger partial charge on any atom is 0.322 e. The maximum atomic E-state index is 14.1. The Hall–Kier alpha value is -3.97. The lowest BCUT2D eigenvalue weighted by atomic mass is 9.94. The molecule has 5 rings (SSSR count). The Morgan fingerprint density at radius 1 is 1.06 bits per heavy atom. The number of benzene rings is 3. The van der Waals surface area contributed by atoms with E-state index in [0.717, 1.165) is 16.7 Å². The Labute approximate surface area is 207 Å². The number of halogens is 2. The van der Waals surface area contributed by atoms with Crippen LogP contribution < -0.4 is 5.32 Å². The topological polar surface area (TPSA) is 71.3 Å². The molecular weight excluding hydrogens is 467 g/mol. The van der Waals surface area contributed by atoms with Crippen molar-refractivity contribution in [3.05, 3.63) is 112 Å². The van der Waals surface area contributed by atoms with Crippen LogP contribution in [0.1, 0.15) is 35.5 Å². The molecule has 35 heavy (non-hydrogen) atoms. The average molecular weight is 489 g/mol. The van der Waals surface area contributed by atoms with Crippen LogP contribution in [0.3, 0.4) is 0 Å². The molecule has 0 bridgehead atoms. The highest BCUT2D eigenvalue weighted by molar-refractivity contribution is 6.30. The van der Waals surface area contributed by atoms with Gasteiger partial charge in [-0.05, 0) is 55.3 Å². The highest BCUT2D eigenvalue weighted by Gasteiger charge is 2.36. The Kier molecular flexibility index (Phi) is 6.09. The molecule has 0 radical (unpaired) electrons. The predicted molar refractivity (Wildman–Crippen MR) is 132 cm³/mol. The van der Waals surface area contributed by atoms with Crippen molar-refractivity contribution >= 4 is 23.2 Å². The molecule has 1 aliphatic rings. The van der Waals surface area contributed by atoms with Crippen LogP contribution in [0.5, 0.6) is 0 Å². The highest BCUT2D eigenvalue weighted by atomic mass is 35.5. The first kappa shape index (κ1) is 22.8. The van der Waals surface area contributed by atoms with Gasteiger partial charge >= 0.3 is 6.03 Å². The number of hydrogen-bond donors (Lipinski definition) is 1. The summed E-state index contributed by atoms with van der Waals surface area (Å²) in [5.74, 6) is 0.292. The molecule has 6 nitrogen and oxygen atoms in total. The van der Waals surface area contributed by atoms with Gasteiger partial charge in [-0.25, -0.2) is 9.18 Å². The third kappa shape index (κ3) is 4.68. The monoisotopic (exact) mass is 488 g/mol. The van der Waals surface area contributed by atoms with Crippen LogP contribution in [-0.2, 0) is 6.54 Å². The van der Waals surface area contributed by atoms with Gasteiger partial charge in [0.05, 0.1) is 18.2 Å². The molecule has 2 amide bonds. The number of hydrogen-bond acceptors (Lipinski definition) is 4. The van der Waals surface area contributed by atoms with Crippen LogP contribution in [-0.4, -0.2) is 21.1 Å². The molecule has 2 heterocycles. The van der Waals surface area contributed by atoms with Crippen LogP contribution in [0.2, 0.25) is 5.02 Å². The summed E-state index contributed by atoms with van der Waals surface area (Å²) in [5.41, 5.74) is 4.61. The summed E-state index contributed by atoms with van der Waals surface area (Å²) < 4.78 is 19.8. The second-order valence-electron chi connectivity index (χ2n) is 8.44. The summed E-state index contributed by atoms with van der Waals surface area (Å²) in [5, 5.41) is 7.78. The van der Waals surface area contributed by atoms with Crippen molar-refractivity contribution < 1.29 is 13.7 Å². The van der Waals surface area contributed by atoms with Crippen molar-refractivity contribution in [2.24, 2.45) is 0 Å². The Morgan fingerprint density at radius 2 is 1.83 bits per heavy atom. The number of rotatable bonds is 5. The van der Waals surface area contributed by atoms with E-state index in [0.29, 0.717) is 34.2 Å². The van der Waals surface area contributed by atoms with Gasteiger partial charge in [0.2, 0.25) is 5.82 Å². The number of allylic oxidation sites excluding steroid dienone is 1. The zero-order chi connectivity index (χ0) is 24.5. The van der Waals surface area contributed by atoms with Crippen LogP contribution >= 0.6 is 11.6 Å². The van der Waals surface area contributed by atoms with Crippen molar-refractivity contribution in [1.82, 2.24) is 20.4 Å². The van der Waals surface area contributed by atoms with Gasteiger partial charge in [0.1, 0.15) is 5.82 Å². The summed E-state index contributed by atoms with van der Waals surface area (Å²) in [4.78, 5) is 19.4. The van der Waals surface area contributed by atoms with Gasteiger partial charge in [-0.15, -0.1) is 0 Å². The van der Waals surface area contributed by atoms with Crippen LogP contribution in [0.25, 0.3) is 17.0 Å². The Balaban J connectivity index is 1.60. The second-order valence-corrected chi connectivity index (χ2v) is 8.88. The molecule has 0 saturated carbocycles. The minimum atomic E-state index is -0.662. The van der Waals surface area contributed by atoms with Gasteiger partial charge in [0, 0.05) is 16.3 Å². The first-order valence-corrected chi connectivity index (χ1v) is 11.5. The summed E-state index contributed by atoms with van der Waals surface area (Å²) in [6.07, 6.45) is 0. The first-order valence-electron chi connectivity index (χ1n) is 11.1. The Morgan fingerprint density at radius 3 is 2.57 bits per heavy atom. The fraction of sp³-hybridized carbons (Fsp3) is 0.148. The number of amides is 2. The van der Waals surface area contributed by atoms with Crippen molar-refractivity contribution in [2.75, 3.05) is 0 Å². The standard InChI is InChI=1S/C27H22ClFN4O2/c1-16-5-3-7-20(13-16)25-31-26(35-32-25)23-17(2)33(15-18-9-11-21(28)12-10-18)27(34)30-24(23)19-6-4-8-22(29)14-19/h3-14,24H,15H2,1-2H3,(H,30,34). The second kappa shape index (κ2) is 9.35. The quantitative estimate of drug-likeness (QED) is 0.346. The highest BCUT2D eigenvalue weighted by Crippen LogP contribution is 2.38. The van der Waals surface area contributed by atoms with Gasteiger partial charge in [-0.1, -0.05) is 64.8 Å². The molecule has 1 atom stereocenters. The Bertz CT molecular complexity index is 1430. The number of carbonyl (C=O) groups is 1. The maximum absolute atomic E-state index is 14.1. The number of nitrogens with zero attached hydrogens (tertiary/aromatic N) is 3. The largest absolute Gasteiger partial charge is 0.334 e. The summed E-state index contributed by atoms with van der Waals surface area (Å²) in [6.45, 7) is 4.13. The van der Waals surface area contributed by atoms with E-state index in [9.17, 15) is 9.18 Å². The number of aromatic nitrogens is 2. The van der Waals surface area contributed by atoms with Crippen molar-refractivity contribution in [3.8, 4) is 11.4 Å². The van der Waals surface area contributed by atoms with Gasteiger partial charge < -0.3 is 9.84 Å². The average Bonchev–Trinajstić information content (AvgIpc) is 3.32. The lowest BCUT2D eigenvalue weighted by molar-refractivity contribution is 0.203. The normalized spacial score (nSPS) is 15.9. The zero-order valence-electron chi connectivity index (χ0n) is 19.1. The van der Waals surface area contributed by atoms with E-state index in [2.05, 4.69) is 15.5 Å². The van der Waals surface area contributed by atoms with E-state index < -0.39 is 11.9 Å². The molecule has 1 aromatic heterocycles.